The van der Waals surface area contributed by atoms with Crippen molar-refractivity contribution in [1.29, 1.82) is 0 Å². The molecule has 0 atom stereocenters. The number of benzene rings is 1. The highest BCUT2D eigenvalue weighted by molar-refractivity contribution is 5.78. The Bertz CT molecular complexity index is 415. The van der Waals surface area contributed by atoms with Crippen LogP contribution in [0, 0.1) is 0 Å². The van der Waals surface area contributed by atoms with Crippen molar-refractivity contribution >= 4 is 17.0 Å². The van der Waals surface area contributed by atoms with Crippen LogP contribution < -0.4 is 5.32 Å². The standard InChI is InChI=1S/C10H13N3/c1-3-7-4-5-8-9(6-7)13-10(11-2)12-8/h4-6H,3H2,1-2H3,(H2,11,12,13). The third-order valence-corrected chi connectivity index (χ3v) is 2.19. The lowest BCUT2D eigenvalue weighted by molar-refractivity contribution is 1.14. The van der Waals surface area contributed by atoms with Crippen molar-refractivity contribution in [3.05, 3.63) is 23.8 Å². The molecular weight excluding hydrogens is 162 g/mol. The van der Waals surface area contributed by atoms with Crippen molar-refractivity contribution in [2.24, 2.45) is 0 Å². The molecule has 3 nitrogen and oxygen atoms in total. The van der Waals surface area contributed by atoms with Crippen LogP contribution in [-0.2, 0) is 6.42 Å². The first-order valence-corrected chi connectivity index (χ1v) is 4.50. The maximum atomic E-state index is 4.37. The third kappa shape index (κ3) is 1.37. The molecule has 0 bridgehead atoms. The van der Waals surface area contributed by atoms with Crippen LogP contribution in [0.15, 0.2) is 18.2 Å². The summed E-state index contributed by atoms with van der Waals surface area (Å²) in [6.07, 6.45) is 1.05. The summed E-state index contributed by atoms with van der Waals surface area (Å²) in [7, 11) is 1.86. The van der Waals surface area contributed by atoms with Gasteiger partial charge in [0.1, 0.15) is 0 Å². The highest BCUT2D eigenvalue weighted by atomic mass is 15.1. The van der Waals surface area contributed by atoms with Gasteiger partial charge >= 0.3 is 0 Å². The zero-order valence-corrected chi connectivity index (χ0v) is 7.89. The van der Waals surface area contributed by atoms with Gasteiger partial charge in [0.2, 0.25) is 5.95 Å². The van der Waals surface area contributed by atoms with Crippen LogP contribution >= 0.6 is 0 Å². The fourth-order valence-corrected chi connectivity index (χ4v) is 1.39. The molecule has 0 spiro atoms. The molecule has 0 aliphatic heterocycles. The van der Waals surface area contributed by atoms with Gasteiger partial charge in [0.15, 0.2) is 0 Å². The summed E-state index contributed by atoms with van der Waals surface area (Å²) < 4.78 is 0. The number of nitrogens with zero attached hydrogens (tertiary/aromatic N) is 1. The average molecular weight is 175 g/mol. The second kappa shape index (κ2) is 3.09. The quantitative estimate of drug-likeness (QED) is 0.734. The lowest BCUT2D eigenvalue weighted by Gasteiger charge is -1.93. The number of aromatic amines is 1. The van der Waals surface area contributed by atoms with Gasteiger partial charge in [-0.25, -0.2) is 4.98 Å². The van der Waals surface area contributed by atoms with Gasteiger partial charge in [0.25, 0.3) is 0 Å². The normalized spacial score (nSPS) is 10.6. The zero-order valence-electron chi connectivity index (χ0n) is 7.89. The molecule has 2 aromatic rings. The largest absolute Gasteiger partial charge is 0.359 e. The molecular formula is C10H13N3. The molecule has 0 amide bonds. The van der Waals surface area contributed by atoms with Gasteiger partial charge in [0, 0.05) is 7.05 Å². The Balaban J connectivity index is 2.57. The van der Waals surface area contributed by atoms with Crippen LogP contribution in [0.1, 0.15) is 12.5 Å². The van der Waals surface area contributed by atoms with E-state index in [2.05, 4.69) is 40.4 Å². The molecule has 68 valence electrons. The summed E-state index contributed by atoms with van der Waals surface area (Å²) in [5.74, 6) is 0.822. The average Bonchev–Trinajstić information content (AvgIpc) is 2.58. The number of imidazole rings is 1. The van der Waals surface area contributed by atoms with Gasteiger partial charge in [-0.05, 0) is 24.1 Å². The van der Waals surface area contributed by atoms with Crippen LogP contribution in [0.5, 0.6) is 0 Å². The van der Waals surface area contributed by atoms with Crippen LogP contribution in [-0.4, -0.2) is 17.0 Å². The summed E-state index contributed by atoms with van der Waals surface area (Å²) in [6, 6.07) is 6.31. The monoisotopic (exact) mass is 175 g/mol. The van der Waals surface area contributed by atoms with Gasteiger partial charge < -0.3 is 10.3 Å². The minimum atomic E-state index is 0.822. The van der Waals surface area contributed by atoms with Crippen LogP contribution in [0.25, 0.3) is 11.0 Å². The Labute approximate surface area is 77.2 Å². The van der Waals surface area contributed by atoms with Crippen molar-refractivity contribution in [3.63, 3.8) is 0 Å². The predicted octanol–water partition coefficient (Wildman–Crippen LogP) is 2.17. The number of fused-ring (bicyclic) bond motifs is 1. The maximum Gasteiger partial charge on any atom is 0.200 e. The number of rotatable bonds is 2. The van der Waals surface area contributed by atoms with Gasteiger partial charge in [-0.2, -0.15) is 0 Å². The smallest absolute Gasteiger partial charge is 0.200 e. The van der Waals surface area contributed by atoms with E-state index in [1.165, 1.54) is 5.56 Å². The zero-order chi connectivity index (χ0) is 9.26. The lowest BCUT2D eigenvalue weighted by Crippen LogP contribution is -1.88. The van der Waals surface area contributed by atoms with Gasteiger partial charge in [-0.15, -0.1) is 0 Å². The first-order chi connectivity index (χ1) is 6.33. The summed E-state index contributed by atoms with van der Waals surface area (Å²) in [4.78, 5) is 7.55. The number of aryl methyl sites for hydroxylation is 1. The van der Waals surface area contributed by atoms with Crippen molar-refractivity contribution in [3.8, 4) is 0 Å². The van der Waals surface area contributed by atoms with E-state index in [4.69, 9.17) is 0 Å². The number of nitrogens with one attached hydrogen (secondary N) is 2. The first kappa shape index (κ1) is 8.10. The molecule has 0 aliphatic carbocycles. The minimum Gasteiger partial charge on any atom is -0.359 e. The van der Waals surface area contributed by atoms with E-state index in [9.17, 15) is 0 Å². The molecule has 13 heavy (non-hydrogen) atoms. The second-order valence-corrected chi connectivity index (χ2v) is 3.04. The van der Waals surface area contributed by atoms with Crippen LogP contribution in [0.3, 0.4) is 0 Å². The molecule has 3 heteroatoms. The number of aromatic nitrogens is 2. The van der Waals surface area contributed by atoms with Gasteiger partial charge in [0.05, 0.1) is 11.0 Å². The highest BCUT2D eigenvalue weighted by Gasteiger charge is 2.00. The number of hydrogen-bond acceptors (Lipinski definition) is 2. The van der Waals surface area contributed by atoms with E-state index < -0.39 is 0 Å². The van der Waals surface area contributed by atoms with Crippen molar-refractivity contribution < 1.29 is 0 Å². The molecule has 1 aromatic carbocycles. The van der Waals surface area contributed by atoms with Crippen molar-refractivity contribution in [2.75, 3.05) is 12.4 Å². The number of hydrogen-bond donors (Lipinski definition) is 2. The second-order valence-electron chi connectivity index (χ2n) is 3.04. The molecule has 0 radical (unpaired) electrons. The van der Waals surface area contributed by atoms with E-state index in [1.807, 2.05) is 7.05 Å². The SMILES string of the molecule is CCc1ccc2[nH]c(NC)nc2c1. The predicted molar refractivity (Wildman–Crippen MR) is 55.0 cm³/mol. The van der Waals surface area contributed by atoms with E-state index in [0.29, 0.717) is 0 Å². The summed E-state index contributed by atoms with van der Waals surface area (Å²) in [5, 5.41) is 2.99. The molecule has 1 heterocycles. The lowest BCUT2D eigenvalue weighted by atomic mass is 10.1. The summed E-state index contributed by atoms with van der Waals surface area (Å²) in [5.41, 5.74) is 3.44. The fraction of sp³-hybridized carbons (Fsp3) is 0.300. The molecule has 0 unspecified atom stereocenters. The number of H-pyrrole nitrogens is 1. The highest BCUT2D eigenvalue weighted by Crippen LogP contribution is 2.15. The molecule has 1 aromatic heterocycles. The first-order valence-electron chi connectivity index (χ1n) is 4.50. The molecule has 0 saturated heterocycles. The Kier molecular flexibility index (Phi) is 1.93. The molecule has 2 N–H and O–H groups in total. The minimum absolute atomic E-state index is 0.822. The Morgan fingerprint density at radius 1 is 1.46 bits per heavy atom. The van der Waals surface area contributed by atoms with Crippen LogP contribution in [0.4, 0.5) is 5.95 Å². The topological polar surface area (TPSA) is 40.7 Å². The van der Waals surface area contributed by atoms with Crippen molar-refractivity contribution in [2.45, 2.75) is 13.3 Å². The fourth-order valence-electron chi connectivity index (χ4n) is 1.39. The Morgan fingerprint density at radius 2 is 2.31 bits per heavy atom. The summed E-state index contributed by atoms with van der Waals surface area (Å²) in [6.45, 7) is 2.15. The van der Waals surface area contributed by atoms with Crippen LogP contribution in [0.2, 0.25) is 0 Å². The molecule has 0 saturated carbocycles. The number of anilines is 1. The van der Waals surface area contributed by atoms with E-state index >= 15 is 0 Å². The van der Waals surface area contributed by atoms with Gasteiger partial charge in [-0.3, -0.25) is 0 Å². The van der Waals surface area contributed by atoms with Crippen molar-refractivity contribution in [1.82, 2.24) is 9.97 Å². The molecule has 2 rings (SSSR count). The maximum absolute atomic E-state index is 4.37. The van der Waals surface area contributed by atoms with E-state index in [1.54, 1.807) is 0 Å². The third-order valence-electron chi connectivity index (χ3n) is 2.19. The Hall–Kier alpha value is -1.51. The molecule has 0 fully saturated rings. The van der Waals surface area contributed by atoms with Gasteiger partial charge in [-0.1, -0.05) is 13.0 Å². The van der Waals surface area contributed by atoms with E-state index in [-0.39, 0.29) is 0 Å². The van der Waals surface area contributed by atoms with E-state index in [0.717, 1.165) is 23.4 Å². The Morgan fingerprint density at radius 3 is 3.00 bits per heavy atom. The summed E-state index contributed by atoms with van der Waals surface area (Å²) >= 11 is 0. The molecule has 0 aliphatic rings.